The van der Waals surface area contributed by atoms with Gasteiger partial charge in [-0.1, -0.05) is 6.92 Å². The number of hydrogen-bond donors (Lipinski definition) is 2. The summed E-state index contributed by atoms with van der Waals surface area (Å²) in [6, 6.07) is 7.87. The number of benzene rings is 1. The molecule has 2 aromatic rings. The molecule has 0 bridgehead atoms. The third kappa shape index (κ3) is 3.07. The molecular weight excluding hydrogens is 242 g/mol. The molecule has 0 aliphatic heterocycles. The molecule has 18 heavy (non-hydrogen) atoms. The number of nitrogens with zero attached hydrogens (tertiary/aromatic N) is 1. The second-order valence-electron chi connectivity index (χ2n) is 4.40. The van der Waals surface area contributed by atoms with E-state index < -0.39 is 0 Å². The van der Waals surface area contributed by atoms with Gasteiger partial charge in [0, 0.05) is 34.8 Å². The highest BCUT2D eigenvalue weighted by Crippen LogP contribution is 2.23. The number of thioether (sulfide) groups is 1. The van der Waals surface area contributed by atoms with Crippen molar-refractivity contribution in [2.45, 2.75) is 18.6 Å². The third-order valence-electron chi connectivity index (χ3n) is 3.04. The number of nitrogens with two attached hydrogens (primary N) is 1. The predicted molar refractivity (Wildman–Crippen MR) is 82.2 cm³/mol. The first-order valence-corrected chi connectivity index (χ1v) is 7.40. The second kappa shape index (κ2) is 5.96. The van der Waals surface area contributed by atoms with E-state index in [9.17, 15) is 0 Å². The Hall–Kier alpha value is -1.42. The number of nitrogen functional groups attached to an aromatic ring is 1. The van der Waals surface area contributed by atoms with Gasteiger partial charge in [0.2, 0.25) is 0 Å². The molecule has 0 fully saturated rings. The van der Waals surface area contributed by atoms with Crippen molar-refractivity contribution in [1.82, 2.24) is 4.98 Å². The minimum atomic E-state index is 0.682. The monoisotopic (exact) mass is 261 g/mol. The van der Waals surface area contributed by atoms with Gasteiger partial charge in [-0.25, -0.2) is 0 Å². The minimum absolute atomic E-state index is 0.682. The zero-order chi connectivity index (χ0) is 13.0. The molecule has 0 aliphatic rings. The van der Waals surface area contributed by atoms with Crippen LogP contribution in [0.4, 0.5) is 11.4 Å². The molecule has 1 heterocycles. The maximum Gasteiger partial charge on any atom is 0.0743 e. The summed E-state index contributed by atoms with van der Waals surface area (Å²) in [4.78, 5) is 4.34. The van der Waals surface area contributed by atoms with Crippen LogP contribution in [0.3, 0.4) is 0 Å². The summed E-state index contributed by atoms with van der Waals surface area (Å²) in [5.74, 6) is 0. The van der Waals surface area contributed by atoms with Gasteiger partial charge >= 0.3 is 0 Å². The summed E-state index contributed by atoms with van der Waals surface area (Å²) >= 11 is 1.90. The van der Waals surface area contributed by atoms with Crippen molar-refractivity contribution >= 4 is 34.0 Å². The topological polar surface area (TPSA) is 50.9 Å². The molecule has 1 aromatic heterocycles. The zero-order valence-corrected chi connectivity index (χ0v) is 11.6. The van der Waals surface area contributed by atoms with Crippen molar-refractivity contribution in [3.05, 3.63) is 30.5 Å². The minimum Gasteiger partial charge on any atom is -0.399 e. The fourth-order valence-electron chi connectivity index (χ4n) is 1.85. The SMILES string of the molecule is CSC(C)CCNc1ccnc2cc(N)ccc12. The Balaban J connectivity index is 2.13. The van der Waals surface area contributed by atoms with Crippen LogP contribution in [0.15, 0.2) is 30.5 Å². The van der Waals surface area contributed by atoms with E-state index in [4.69, 9.17) is 5.73 Å². The van der Waals surface area contributed by atoms with E-state index in [2.05, 4.69) is 23.5 Å². The number of fused-ring (bicyclic) bond motifs is 1. The quantitative estimate of drug-likeness (QED) is 0.810. The maximum atomic E-state index is 5.77. The van der Waals surface area contributed by atoms with Crippen LogP contribution in [0.1, 0.15) is 13.3 Å². The highest BCUT2D eigenvalue weighted by Gasteiger charge is 2.03. The number of nitrogens with one attached hydrogen (secondary N) is 1. The van der Waals surface area contributed by atoms with Crippen molar-refractivity contribution in [2.24, 2.45) is 0 Å². The van der Waals surface area contributed by atoms with Crippen LogP contribution >= 0.6 is 11.8 Å². The van der Waals surface area contributed by atoms with E-state index >= 15 is 0 Å². The fraction of sp³-hybridized carbons (Fsp3) is 0.357. The summed E-state index contributed by atoms with van der Waals surface area (Å²) in [6.45, 7) is 3.23. The Bertz CT molecular complexity index is 527. The number of aromatic nitrogens is 1. The number of pyridine rings is 1. The van der Waals surface area contributed by atoms with E-state index in [0.717, 1.165) is 35.2 Å². The highest BCUT2D eigenvalue weighted by molar-refractivity contribution is 7.99. The van der Waals surface area contributed by atoms with Crippen LogP contribution in [0.25, 0.3) is 10.9 Å². The first-order valence-electron chi connectivity index (χ1n) is 6.11. The summed E-state index contributed by atoms with van der Waals surface area (Å²) in [5, 5.41) is 5.29. The molecule has 0 aliphatic carbocycles. The van der Waals surface area contributed by atoms with Crippen LogP contribution in [0.2, 0.25) is 0 Å². The Kier molecular flexibility index (Phi) is 4.31. The number of rotatable bonds is 5. The molecular formula is C14H19N3S. The van der Waals surface area contributed by atoms with Gasteiger partial charge in [-0.15, -0.1) is 0 Å². The Morgan fingerprint density at radius 1 is 1.39 bits per heavy atom. The average Bonchev–Trinajstić information content (AvgIpc) is 2.38. The third-order valence-corrected chi connectivity index (χ3v) is 4.08. The molecule has 96 valence electrons. The van der Waals surface area contributed by atoms with Crippen LogP contribution in [-0.4, -0.2) is 23.0 Å². The molecule has 4 heteroatoms. The van der Waals surface area contributed by atoms with Crippen molar-refractivity contribution in [2.75, 3.05) is 23.9 Å². The molecule has 3 nitrogen and oxygen atoms in total. The van der Waals surface area contributed by atoms with E-state index in [1.165, 1.54) is 0 Å². The lowest BCUT2D eigenvalue weighted by Gasteiger charge is -2.12. The predicted octanol–water partition coefficient (Wildman–Crippen LogP) is 3.37. The number of anilines is 2. The second-order valence-corrected chi connectivity index (χ2v) is 5.67. The van der Waals surface area contributed by atoms with Crippen LogP contribution in [0, 0.1) is 0 Å². The normalized spacial score (nSPS) is 12.6. The van der Waals surface area contributed by atoms with Gasteiger partial charge in [-0.2, -0.15) is 11.8 Å². The summed E-state index contributed by atoms with van der Waals surface area (Å²) < 4.78 is 0. The molecule has 2 rings (SSSR count). The fourth-order valence-corrected chi connectivity index (χ4v) is 2.20. The van der Waals surface area contributed by atoms with Crippen LogP contribution < -0.4 is 11.1 Å². The van der Waals surface area contributed by atoms with Gasteiger partial charge in [0.15, 0.2) is 0 Å². The Labute approximate surface area is 112 Å². The molecule has 0 saturated carbocycles. The average molecular weight is 261 g/mol. The molecule has 0 radical (unpaired) electrons. The largest absolute Gasteiger partial charge is 0.399 e. The van der Waals surface area contributed by atoms with Gasteiger partial charge in [0.1, 0.15) is 0 Å². The first kappa shape index (κ1) is 13.0. The molecule has 1 unspecified atom stereocenters. The summed E-state index contributed by atoms with van der Waals surface area (Å²) in [7, 11) is 0. The Morgan fingerprint density at radius 2 is 2.22 bits per heavy atom. The Morgan fingerprint density at radius 3 is 3.00 bits per heavy atom. The smallest absolute Gasteiger partial charge is 0.0743 e. The van der Waals surface area contributed by atoms with Crippen molar-refractivity contribution in [3.8, 4) is 0 Å². The molecule has 1 atom stereocenters. The maximum absolute atomic E-state index is 5.77. The van der Waals surface area contributed by atoms with Gasteiger partial charge in [-0.3, -0.25) is 4.98 Å². The van der Waals surface area contributed by atoms with Crippen LogP contribution in [0.5, 0.6) is 0 Å². The van der Waals surface area contributed by atoms with Crippen molar-refractivity contribution in [3.63, 3.8) is 0 Å². The zero-order valence-electron chi connectivity index (χ0n) is 10.8. The number of hydrogen-bond acceptors (Lipinski definition) is 4. The molecule has 0 amide bonds. The standard InChI is InChI=1S/C14H19N3S/c1-10(18-2)5-7-16-13-6-8-17-14-9-11(15)3-4-12(13)14/h3-4,6,8-10H,5,7,15H2,1-2H3,(H,16,17). The van der Waals surface area contributed by atoms with E-state index in [0.29, 0.717) is 5.25 Å². The lowest BCUT2D eigenvalue weighted by Crippen LogP contribution is -2.08. The van der Waals surface area contributed by atoms with Gasteiger partial charge in [0.05, 0.1) is 5.52 Å². The molecule has 3 N–H and O–H groups in total. The van der Waals surface area contributed by atoms with Gasteiger partial charge in [0.25, 0.3) is 0 Å². The van der Waals surface area contributed by atoms with Crippen molar-refractivity contribution in [1.29, 1.82) is 0 Å². The van der Waals surface area contributed by atoms with E-state index in [1.807, 2.05) is 42.2 Å². The molecule has 0 spiro atoms. The lowest BCUT2D eigenvalue weighted by molar-refractivity contribution is 0.854. The van der Waals surface area contributed by atoms with Gasteiger partial charge in [-0.05, 0) is 36.9 Å². The lowest BCUT2D eigenvalue weighted by atomic mass is 10.1. The first-order chi connectivity index (χ1) is 8.70. The van der Waals surface area contributed by atoms with Gasteiger partial charge < -0.3 is 11.1 Å². The molecule has 1 aromatic carbocycles. The summed E-state index contributed by atoms with van der Waals surface area (Å²) in [6.07, 6.45) is 5.12. The van der Waals surface area contributed by atoms with E-state index in [-0.39, 0.29) is 0 Å². The van der Waals surface area contributed by atoms with Crippen LogP contribution in [-0.2, 0) is 0 Å². The highest BCUT2D eigenvalue weighted by atomic mass is 32.2. The van der Waals surface area contributed by atoms with E-state index in [1.54, 1.807) is 0 Å². The van der Waals surface area contributed by atoms with Crippen molar-refractivity contribution < 1.29 is 0 Å². The molecule has 0 saturated heterocycles. The summed E-state index contributed by atoms with van der Waals surface area (Å²) in [5.41, 5.74) is 8.60.